The van der Waals surface area contributed by atoms with Crippen LogP contribution in [0.2, 0.25) is 0 Å². The number of hydrogen-bond acceptors (Lipinski definition) is 7. The SMILES string of the molecule is CC1CCc2nnc(-c3cccc(NC(=O)c4cc5c(cn4)CCN(C(=O)N4CCOCC4)C5)n3)n21. The van der Waals surface area contributed by atoms with E-state index in [1.807, 2.05) is 21.9 Å². The van der Waals surface area contributed by atoms with Gasteiger partial charge in [0.05, 0.1) is 13.2 Å². The Bertz CT molecular complexity index is 1320. The Morgan fingerprint density at radius 2 is 1.92 bits per heavy atom. The molecule has 1 atom stereocenters. The molecule has 36 heavy (non-hydrogen) atoms. The molecule has 0 aliphatic carbocycles. The number of aromatic nitrogens is 5. The average molecular weight is 489 g/mol. The Hall–Kier alpha value is -3.86. The normalized spacial score (nSPS) is 19.1. The van der Waals surface area contributed by atoms with Gasteiger partial charge >= 0.3 is 6.03 Å². The summed E-state index contributed by atoms with van der Waals surface area (Å²) >= 11 is 0. The number of ether oxygens (including phenoxy) is 1. The second kappa shape index (κ2) is 9.30. The first kappa shape index (κ1) is 22.6. The van der Waals surface area contributed by atoms with Crippen molar-refractivity contribution in [1.82, 2.24) is 34.5 Å². The predicted octanol–water partition coefficient (Wildman–Crippen LogP) is 2.30. The number of morpholine rings is 1. The van der Waals surface area contributed by atoms with E-state index in [1.54, 1.807) is 18.3 Å². The zero-order valence-electron chi connectivity index (χ0n) is 20.2. The molecule has 1 unspecified atom stereocenters. The summed E-state index contributed by atoms with van der Waals surface area (Å²) < 4.78 is 7.47. The molecule has 3 amide bonds. The van der Waals surface area contributed by atoms with Crippen LogP contribution in [0.3, 0.4) is 0 Å². The lowest BCUT2D eigenvalue weighted by atomic mass is 10.0. The number of urea groups is 1. The maximum Gasteiger partial charge on any atom is 0.320 e. The molecule has 0 radical (unpaired) electrons. The molecule has 6 heterocycles. The van der Waals surface area contributed by atoms with Crippen molar-refractivity contribution in [3.8, 4) is 11.5 Å². The predicted molar refractivity (Wildman–Crippen MR) is 130 cm³/mol. The van der Waals surface area contributed by atoms with E-state index in [0.717, 1.165) is 29.8 Å². The molecule has 6 rings (SSSR count). The van der Waals surface area contributed by atoms with Crippen LogP contribution in [0.15, 0.2) is 30.5 Å². The van der Waals surface area contributed by atoms with Gasteiger partial charge in [-0.15, -0.1) is 10.2 Å². The van der Waals surface area contributed by atoms with Gasteiger partial charge in [0.1, 0.15) is 23.0 Å². The van der Waals surface area contributed by atoms with E-state index in [9.17, 15) is 9.59 Å². The van der Waals surface area contributed by atoms with Gasteiger partial charge < -0.3 is 24.4 Å². The van der Waals surface area contributed by atoms with Gasteiger partial charge in [-0.2, -0.15) is 0 Å². The maximum atomic E-state index is 13.1. The smallest absolute Gasteiger partial charge is 0.320 e. The number of carbonyl (C=O) groups excluding carboxylic acids is 2. The molecule has 11 nitrogen and oxygen atoms in total. The highest BCUT2D eigenvalue weighted by Crippen LogP contribution is 2.30. The molecule has 186 valence electrons. The van der Waals surface area contributed by atoms with Crippen molar-refractivity contribution >= 4 is 17.8 Å². The molecular formula is C25H28N8O3. The Kier molecular flexibility index (Phi) is 5.84. The van der Waals surface area contributed by atoms with Crippen LogP contribution >= 0.6 is 0 Å². The van der Waals surface area contributed by atoms with Gasteiger partial charge in [0.25, 0.3) is 5.91 Å². The lowest BCUT2D eigenvalue weighted by Crippen LogP contribution is -2.49. The molecule has 11 heteroatoms. The maximum absolute atomic E-state index is 13.1. The third kappa shape index (κ3) is 4.19. The summed E-state index contributed by atoms with van der Waals surface area (Å²) in [5, 5.41) is 11.5. The summed E-state index contributed by atoms with van der Waals surface area (Å²) in [6.45, 7) is 5.59. The van der Waals surface area contributed by atoms with Crippen LogP contribution in [-0.4, -0.2) is 79.3 Å². The fraction of sp³-hybridized carbons (Fsp3) is 0.440. The Morgan fingerprint density at radius 3 is 2.78 bits per heavy atom. The van der Waals surface area contributed by atoms with Crippen molar-refractivity contribution in [2.75, 3.05) is 38.2 Å². The minimum absolute atomic E-state index is 0.0158. The number of anilines is 1. The lowest BCUT2D eigenvalue weighted by molar-refractivity contribution is 0.0421. The van der Waals surface area contributed by atoms with E-state index in [0.29, 0.717) is 74.9 Å². The first-order chi connectivity index (χ1) is 17.6. The summed E-state index contributed by atoms with van der Waals surface area (Å²) in [5.74, 6) is 1.75. The fourth-order valence-electron chi connectivity index (χ4n) is 5.09. The van der Waals surface area contributed by atoms with Gasteiger partial charge in [-0.25, -0.2) is 9.78 Å². The van der Waals surface area contributed by atoms with E-state index in [4.69, 9.17) is 4.74 Å². The highest BCUT2D eigenvalue weighted by Gasteiger charge is 2.28. The fourth-order valence-corrected chi connectivity index (χ4v) is 5.09. The number of nitrogens with one attached hydrogen (secondary N) is 1. The average Bonchev–Trinajstić information content (AvgIpc) is 3.51. The number of pyridine rings is 2. The number of carbonyl (C=O) groups is 2. The Morgan fingerprint density at radius 1 is 1.06 bits per heavy atom. The zero-order chi connectivity index (χ0) is 24.6. The molecule has 3 aliphatic heterocycles. The van der Waals surface area contributed by atoms with Crippen molar-refractivity contribution in [3.05, 3.63) is 53.1 Å². The third-order valence-corrected chi connectivity index (χ3v) is 7.09. The quantitative estimate of drug-likeness (QED) is 0.601. The highest BCUT2D eigenvalue weighted by molar-refractivity contribution is 6.02. The van der Waals surface area contributed by atoms with Gasteiger partial charge in [-0.05, 0) is 49.1 Å². The van der Waals surface area contributed by atoms with Gasteiger partial charge in [0, 0.05) is 44.8 Å². The van der Waals surface area contributed by atoms with Gasteiger partial charge in [-0.1, -0.05) is 6.07 Å². The summed E-state index contributed by atoms with van der Waals surface area (Å²) in [4.78, 5) is 38.6. The molecule has 0 bridgehead atoms. The molecule has 0 spiro atoms. The van der Waals surface area contributed by atoms with Gasteiger partial charge in [0.2, 0.25) is 0 Å². The van der Waals surface area contributed by atoms with E-state index in [1.165, 1.54) is 0 Å². The topological polar surface area (TPSA) is 118 Å². The lowest BCUT2D eigenvalue weighted by Gasteiger charge is -2.35. The van der Waals surface area contributed by atoms with Crippen LogP contribution in [0, 0.1) is 0 Å². The molecule has 0 aromatic carbocycles. The van der Waals surface area contributed by atoms with Gasteiger partial charge in [-0.3, -0.25) is 9.78 Å². The number of hydrogen-bond donors (Lipinski definition) is 1. The summed E-state index contributed by atoms with van der Waals surface area (Å²) in [7, 11) is 0. The second-order valence-corrected chi connectivity index (χ2v) is 9.45. The van der Waals surface area contributed by atoms with Crippen molar-refractivity contribution in [2.45, 2.75) is 38.8 Å². The van der Waals surface area contributed by atoms with Crippen LogP contribution in [0.4, 0.5) is 10.6 Å². The molecule has 1 N–H and O–H groups in total. The first-order valence-electron chi connectivity index (χ1n) is 12.4. The summed E-state index contributed by atoms with van der Waals surface area (Å²) in [6.07, 6.45) is 4.40. The van der Waals surface area contributed by atoms with Crippen molar-refractivity contribution < 1.29 is 14.3 Å². The largest absolute Gasteiger partial charge is 0.378 e. The van der Waals surface area contributed by atoms with E-state index in [2.05, 4.69) is 37.0 Å². The van der Waals surface area contributed by atoms with E-state index < -0.39 is 0 Å². The molecule has 3 aromatic heterocycles. The molecule has 3 aliphatic rings. The molecular weight excluding hydrogens is 460 g/mol. The van der Waals surface area contributed by atoms with Crippen molar-refractivity contribution in [2.24, 2.45) is 0 Å². The number of rotatable bonds is 3. The number of aryl methyl sites for hydroxylation is 1. The molecule has 1 saturated heterocycles. The Balaban J connectivity index is 1.17. The van der Waals surface area contributed by atoms with Crippen LogP contribution in [0.25, 0.3) is 11.5 Å². The first-order valence-corrected chi connectivity index (χ1v) is 12.4. The summed E-state index contributed by atoms with van der Waals surface area (Å²) in [5.41, 5.74) is 2.96. The number of amides is 3. The molecule has 3 aromatic rings. The van der Waals surface area contributed by atoms with Gasteiger partial charge in [0.15, 0.2) is 5.82 Å². The molecule has 1 fully saturated rings. The monoisotopic (exact) mass is 488 g/mol. The van der Waals surface area contributed by atoms with Crippen LogP contribution in [0.5, 0.6) is 0 Å². The standard InChI is InChI=1S/C25H28N8O3/c1-16-5-6-22-29-30-23(33(16)22)19-3-2-4-21(27-19)28-24(34)20-13-18-15-32(8-7-17(18)14-26-20)25(35)31-9-11-36-12-10-31/h2-4,13-14,16H,5-12,15H2,1H3,(H,27,28,34). The summed E-state index contributed by atoms with van der Waals surface area (Å²) in [6, 6.07) is 7.57. The van der Waals surface area contributed by atoms with Crippen LogP contribution in [0.1, 0.15) is 46.8 Å². The van der Waals surface area contributed by atoms with Crippen LogP contribution < -0.4 is 5.32 Å². The number of fused-ring (bicyclic) bond motifs is 2. The van der Waals surface area contributed by atoms with E-state index in [-0.39, 0.29) is 11.9 Å². The highest BCUT2D eigenvalue weighted by atomic mass is 16.5. The minimum atomic E-state index is -0.348. The van der Waals surface area contributed by atoms with Crippen molar-refractivity contribution in [1.29, 1.82) is 0 Å². The second-order valence-electron chi connectivity index (χ2n) is 9.45. The zero-order valence-corrected chi connectivity index (χ0v) is 20.2. The van der Waals surface area contributed by atoms with Crippen molar-refractivity contribution in [3.63, 3.8) is 0 Å². The molecule has 0 saturated carbocycles. The number of nitrogens with zero attached hydrogens (tertiary/aromatic N) is 7. The third-order valence-electron chi connectivity index (χ3n) is 7.09. The minimum Gasteiger partial charge on any atom is -0.378 e. The Labute approximate surface area is 208 Å². The van der Waals surface area contributed by atoms with E-state index >= 15 is 0 Å². The van der Waals surface area contributed by atoms with Crippen LogP contribution in [-0.2, 0) is 24.1 Å².